The van der Waals surface area contributed by atoms with Crippen molar-refractivity contribution in [1.29, 1.82) is 0 Å². The summed E-state index contributed by atoms with van der Waals surface area (Å²) in [4.78, 5) is 8.51. The molecule has 0 aliphatic carbocycles. The standard InChI is InChI=1S/C10H11N3O/c1-6-7(2)12-10(13-9(6)11)8-3-4-14-5-8/h3-5H,1-2H3,(H2,11,12,13). The highest BCUT2D eigenvalue weighted by Gasteiger charge is 2.07. The molecule has 4 nitrogen and oxygen atoms in total. The summed E-state index contributed by atoms with van der Waals surface area (Å²) in [6, 6.07) is 1.81. The summed E-state index contributed by atoms with van der Waals surface area (Å²) in [7, 11) is 0. The van der Waals surface area contributed by atoms with Crippen molar-refractivity contribution in [3.05, 3.63) is 29.9 Å². The van der Waals surface area contributed by atoms with Gasteiger partial charge >= 0.3 is 0 Å². The van der Waals surface area contributed by atoms with Gasteiger partial charge in [0.15, 0.2) is 5.82 Å². The number of hydrogen-bond acceptors (Lipinski definition) is 4. The van der Waals surface area contributed by atoms with Crippen LogP contribution in [0, 0.1) is 13.8 Å². The van der Waals surface area contributed by atoms with E-state index in [2.05, 4.69) is 9.97 Å². The third kappa shape index (κ3) is 1.35. The van der Waals surface area contributed by atoms with Gasteiger partial charge in [-0.3, -0.25) is 0 Å². The van der Waals surface area contributed by atoms with Crippen molar-refractivity contribution in [2.75, 3.05) is 5.73 Å². The Bertz CT molecular complexity index is 425. The van der Waals surface area contributed by atoms with Gasteiger partial charge in [-0.15, -0.1) is 0 Å². The van der Waals surface area contributed by atoms with Crippen LogP contribution in [0.4, 0.5) is 5.82 Å². The second-order valence-corrected chi connectivity index (χ2v) is 3.15. The van der Waals surface area contributed by atoms with Gasteiger partial charge < -0.3 is 10.2 Å². The molecule has 72 valence electrons. The zero-order valence-electron chi connectivity index (χ0n) is 8.11. The summed E-state index contributed by atoms with van der Waals surface area (Å²) in [5.41, 5.74) is 8.42. The molecular weight excluding hydrogens is 178 g/mol. The van der Waals surface area contributed by atoms with Crippen LogP contribution in [0.3, 0.4) is 0 Å². The summed E-state index contributed by atoms with van der Waals surface area (Å²) in [5, 5.41) is 0. The number of furan rings is 1. The fourth-order valence-electron chi connectivity index (χ4n) is 1.17. The largest absolute Gasteiger partial charge is 0.472 e. The Balaban J connectivity index is 2.57. The summed E-state index contributed by atoms with van der Waals surface area (Å²) < 4.78 is 4.96. The Labute approximate surface area is 81.8 Å². The van der Waals surface area contributed by atoms with E-state index in [1.54, 1.807) is 12.5 Å². The maximum absolute atomic E-state index is 5.75. The van der Waals surface area contributed by atoms with Crippen molar-refractivity contribution in [2.45, 2.75) is 13.8 Å². The van der Waals surface area contributed by atoms with E-state index in [0.29, 0.717) is 11.6 Å². The van der Waals surface area contributed by atoms with Crippen molar-refractivity contribution in [1.82, 2.24) is 9.97 Å². The second-order valence-electron chi connectivity index (χ2n) is 3.15. The van der Waals surface area contributed by atoms with Gasteiger partial charge in [0, 0.05) is 11.3 Å². The topological polar surface area (TPSA) is 64.9 Å². The van der Waals surface area contributed by atoms with Crippen LogP contribution >= 0.6 is 0 Å². The SMILES string of the molecule is Cc1nc(-c2ccoc2)nc(N)c1C. The molecule has 0 bridgehead atoms. The number of rotatable bonds is 1. The number of nitrogens with zero attached hydrogens (tertiary/aromatic N) is 2. The Morgan fingerprint density at radius 2 is 2.07 bits per heavy atom. The van der Waals surface area contributed by atoms with Gasteiger partial charge in [0.2, 0.25) is 0 Å². The summed E-state index contributed by atoms with van der Waals surface area (Å²) >= 11 is 0. The highest BCUT2D eigenvalue weighted by Crippen LogP contribution is 2.19. The van der Waals surface area contributed by atoms with E-state index in [0.717, 1.165) is 16.8 Å². The molecule has 14 heavy (non-hydrogen) atoms. The Morgan fingerprint density at radius 3 is 2.64 bits per heavy atom. The fourth-order valence-corrected chi connectivity index (χ4v) is 1.17. The van der Waals surface area contributed by atoms with Crippen LogP contribution in [0.15, 0.2) is 23.0 Å². The molecule has 0 unspecified atom stereocenters. The van der Waals surface area contributed by atoms with Gasteiger partial charge in [0.05, 0.1) is 11.8 Å². The van der Waals surface area contributed by atoms with Crippen LogP contribution in [-0.4, -0.2) is 9.97 Å². The molecule has 2 rings (SSSR count). The van der Waals surface area contributed by atoms with Crippen LogP contribution in [0.25, 0.3) is 11.4 Å². The first-order valence-electron chi connectivity index (χ1n) is 4.32. The molecule has 2 aromatic heterocycles. The van der Waals surface area contributed by atoms with E-state index >= 15 is 0 Å². The van der Waals surface area contributed by atoms with Crippen LogP contribution in [0.5, 0.6) is 0 Å². The van der Waals surface area contributed by atoms with Gasteiger partial charge in [-0.05, 0) is 19.9 Å². The average Bonchev–Trinajstić information content (AvgIpc) is 2.66. The van der Waals surface area contributed by atoms with Crippen molar-refractivity contribution < 1.29 is 4.42 Å². The minimum absolute atomic E-state index is 0.522. The van der Waals surface area contributed by atoms with Crippen LogP contribution in [0.1, 0.15) is 11.3 Å². The van der Waals surface area contributed by atoms with Gasteiger partial charge in [0.1, 0.15) is 12.1 Å². The molecule has 0 saturated carbocycles. The number of hydrogen-bond donors (Lipinski definition) is 1. The molecule has 0 spiro atoms. The quantitative estimate of drug-likeness (QED) is 0.744. The molecule has 2 heterocycles. The second kappa shape index (κ2) is 3.14. The van der Waals surface area contributed by atoms with Crippen molar-refractivity contribution >= 4 is 5.82 Å². The molecule has 2 N–H and O–H groups in total. The van der Waals surface area contributed by atoms with E-state index in [-0.39, 0.29) is 0 Å². The highest BCUT2D eigenvalue weighted by atomic mass is 16.3. The third-order valence-electron chi connectivity index (χ3n) is 2.21. The number of nitrogens with two attached hydrogens (primary N) is 1. The number of nitrogen functional groups attached to an aromatic ring is 1. The molecular formula is C10H11N3O. The first-order chi connectivity index (χ1) is 6.68. The fraction of sp³-hybridized carbons (Fsp3) is 0.200. The predicted molar refractivity (Wildman–Crippen MR) is 53.6 cm³/mol. The Kier molecular flexibility index (Phi) is 1.96. The monoisotopic (exact) mass is 189 g/mol. The number of anilines is 1. The number of aromatic nitrogens is 2. The van der Waals surface area contributed by atoms with Crippen molar-refractivity contribution in [2.24, 2.45) is 0 Å². The van der Waals surface area contributed by atoms with E-state index in [1.165, 1.54) is 0 Å². The summed E-state index contributed by atoms with van der Waals surface area (Å²) in [6.45, 7) is 3.82. The highest BCUT2D eigenvalue weighted by molar-refractivity contribution is 5.56. The molecule has 0 fully saturated rings. The lowest BCUT2D eigenvalue weighted by atomic mass is 10.2. The maximum Gasteiger partial charge on any atom is 0.165 e. The smallest absolute Gasteiger partial charge is 0.165 e. The molecule has 2 aromatic rings. The van der Waals surface area contributed by atoms with Crippen molar-refractivity contribution in [3.8, 4) is 11.4 Å². The lowest BCUT2D eigenvalue weighted by Gasteiger charge is -2.04. The van der Waals surface area contributed by atoms with Crippen LogP contribution < -0.4 is 5.73 Å². The first-order valence-corrected chi connectivity index (χ1v) is 4.32. The van der Waals surface area contributed by atoms with Gasteiger partial charge in [0.25, 0.3) is 0 Å². The number of aryl methyl sites for hydroxylation is 1. The minimum Gasteiger partial charge on any atom is -0.472 e. The summed E-state index contributed by atoms with van der Waals surface area (Å²) in [5.74, 6) is 1.13. The lowest BCUT2D eigenvalue weighted by molar-refractivity contribution is 0.568. The Hall–Kier alpha value is -1.84. The predicted octanol–water partition coefficient (Wildman–Crippen LogP) is 1.94. The molecule has 0 radical (unpaired) electrons. The summed E-state index contributed by atoms with van der Waals surface area (Å²) in [6.07, 6.45) is 3.19. The van der Waals surface area contributed by atoms with E-state index in [1.807, 2.05) is 19.9 Å². The lowest BCUT2D eigenvalue weighted by Crippen LogP contribution is -2.01. The van der Waals surface area contributed by atoms with E-state index < -0.39 is 0 Å². The third-order valence-corrected chi connectivity index (χ3v) is 2.21. The molecule has 0 aromatic carbocycles. The normalized spacial score (nSPS) is 10.4. The molecule has 0 saturated heterocycles. The minimum atomic E-state index is 0.522. The zero-order valence-corrected chi connectivity index (χ0v) is 8.11. The molecule has 0 aliphatic rings. The van der Waals surface area contributed by atoms with Crippen LogP contribution in [-0.2, 0) is 0 Å². The van der Waals surface area contributed by atoms with E-state index in [9.17, 15) is 0 Å². The molecule has 0 amide bonds. The van der Waals surface area contributed by atoms with Gasteiger partial charge in [-0.2, -0.15) is 0 Å². The van der Waals surface area contributed by atoms with Crippen molar-refractivity contribution in [3.63, 3.8) is 0 Å². The molecule has 0 aliphatic heterocycles. The zero-order chi connectivity index (χ0) is 10.1. The molecule has 0 atom stereocenters. The van der Waals surface area contributed by atoms with E-state index in [4.69, 9.17) is 10.2 Å². The van der Waals surface area contributed by atoms with Gasteiger partial charge in [-0.1, -0.05) is 0 Å². The first kappa shape index (κ1) is 8.74. The Morgan fingerprint density at radius 1 is 1.29 bits per heavy atom. The molecule has 4 heteroatoms. The van der Waals surface area contributed by atoms with Gasteiger partial charge in [-0.25, -0.2) is 9.97 Å². The van der Waals surface area contributed by atoms with Crippen LogP contribution in [0.2, 0.25) is 0 Å². The average molecular weight is 189 g/mol. The maximum atomic E-state index is 5.75.